The van der Waals surface area contributed by atoms with E-state index in [-0.39, 0.29) is 24.4 Å². The summed E-state index contributed by atoms with van der Waals surface area (Å²) >= 11 is 0. The molecule has 1 atom stereocenters. The molecule has 0 aliphatic heterocycles. The van der Waals surface area contributed by atoms with Crippen molar-refractivity contribution in [1.29, 1.82) is 0 Å². The summed E-state index contributed by atoms with van der Waals surface area (Å²) in [5, 5.41) is 5.30. The minimum Gasteiger partial charge on any atom is -0.491 e. The molecule has 2 N–H and O–H groups in total. The number of alkyl carbamates (subject to hydrolysis) is 1. The van der Waals surface area contributed by atoms with Crippen LogP contribution in [0.2, 0.25) is 0 Å². The highest BCUT2D eigenvalue weighted by Crippen LogP contribution is 2.12. The maximum absolute atomic E-state index is 12.8. The Kier molecular flexibility index (Phi) is 6.78. The van der Waals surface area contributed by atoms with Gasteiger partial charge in [0.1, 0.15) is 29.3 Å². The average molecular weight is 354 g/mol. The number of carbonyl (C=O) groups is 2. The number of rotatable bonds is 6. The first kappa shape index (κ1) is 20.7. The molecule has 0 spiro atoms. The van der Waals surface area contributed by atoms with Gasteiger partial charge in [-0.15, -0.1) is 0 Å². The Bertz CT molecular complexity index is 594. The monoisotopic (exact) mass is 354 g/mol. The van der Waals surface area contributed by atoms with Crippen molar-refractivity contribution in [2.24, 2.45) is 0 Å². The van der Waals surface area contributed by atoms with Crippen LogP contribution in [0.5, 0.6) is 5.75 Å². The fraction of sp³-hybridized carbons (Fsp3) is 0.556. The number of ether oxygens (including phenoxy) is 2. The number of nitrogens with one attached hydrogen (secondary N) is 2. The molecule has 1 unspecified atom stereocenters. The van der Waals surface area contributed by atoms with Crippen LogP contribution in [0.3, 0.4) is 0 Å². The highest BCUT2D eigenvalue weighted by atomic mass is 19.1. The molecule has 2 amide bonds. The molecule has 140 valence electrons. The Morgan fingerprint density at radius 3 is 2.20 bits per heavy atom. The quantitative estimate of drug-likeness (QED) is 0.823. The second-order valence-corrected chi connectivity index (χ2v) is 7.39. The summed E-state index contributed by atoms with van der Waals surface area (Å²) in [4.78, 5) is 24.2. The lowest BCUT2D eigenvalue weighted by atomic mass is 10.0. The van der Waals surface area contributed by atoms with Gasteiger partial charge < -0.3 is 20.1 Å². The lowest BCUT2D eigenvalue weighted by Crippen LogP contribution is -2.57. The zero-order valence-corrected chi connectivity index (χ0v) is 15.6. The van der Waals surface area contributed by atoms with Crippen LogP contribution in [-0.4, -0.2) is 35.8 Å². The Morgan fingerprint density at radius 2 is 1.68 bits per heavy atom. The summed E-state index contributed by atoms with van der Waals surface area (Å²) in [7, 11) is 0. The minimum absolute atomic E-state index is 0.208. The predicted octanol–water partition coefficient (Wildman–Crippen LogP) is 3.01. The van der Waals surface area contributed by atoms with Gasteiger partial charge in [0, 0.05) is 0 Å². The Hall–Kier alpha value is -2.31. The smallest absolute Gasteiger partial charge is 0.408 e. The molecule has 7 heteroatoms. The zero-order valence-electron chi connectivity index (χ0n) is 15.6. The van der Waals surface area contributed by atoms with E-state index in [1.807, 2.05) is 0 Å². The molecule has 0 fully saturated rings. The number of hydrogen-bond acceptors (Lipinski definition) is 4. The Labute approximate surface area is 148 Å². The van der Waals surface area contributed by atoms with Crippen LogP contribution in [0.1, 0.15) is 41.5 Å². The van der Waals surface area contributed by atoms with Crippen molar-refractivity contribution in [3.05, 3.63) is 30.1 Å². The third kappa shape index (κ3) is 7.87. The van der Waals surface area contributed by atoms with Gasteiger partial charge in [0.05, 0.1) is 6.04 Å². The lowest BCUT2D eigenvalue weighted by Gasteiger charge is -2.29. The Morgan fingerprint density at radius 1 is 1.12 bits per heavy atom. The van der Waals surface area contributed by atoms with Gasteiger partial charge >= 0.3 is 6.09 Å². The fourth-order valence-corrected chi connectivity index (χ4v) is 1.81. The van der Waals surface area contributed by atoms with Gasteiger partial charge in [-0.25, -0.2) is 9.18 Å². The summed E-state index contributed by atoms with van der Waals surface area (Å²) in [6.07, 6.45) is -0.664. The number of benzene rings is 1. The molecule has 0 aromatic heterocycles. The average Bonchev–Trinajstić information content (AvgIpc) is 2.43. The van der Waals surface area contributed by atoms with Crippen LogP contribution in [0.25, 0.3) is 0 Å². The van der Waals surface area contributed by atoms with Crippen LogP contribution in [0.15, 0.2) is 24.3 Å². The fourth-order valence-electron chi connectivity index (χ4n) is 1.81. The van der Waals surface area contributed by atoms with E-state index in [1.165, 1.54) is 24.3 Å². The van der Waals surface area contributed by atoms with E-state index in [0.29, 0.717) is 5.75 Å². The molecule has 25 heavy (non-hydrogen) atoms. The molecular weight excluding hydrogens is 327 g/mol. The summed E-state index contributed by atoms with van der Waals surface area (Å²) < 4.78 is 23.5. The lowest BCUT2D eigenvalue weighted by molar-refractivity contribution is -0.127. The molecule has 0 bridgehead atoms. The first-order chi connectivity index (χ1) is 11.4. The second kappa shape index (κ2) is 8.18. The maximum Gasteiger partial charge on any atom is 0.408 e. The van der Waals surface area contributed by atoms with E-state index in [0.717, 1.165) is 0 Å². The van der Waals surface area contributed by atoms with E-state index in [4.69, 9.17) is 9.47 Å². The van der Waals surface area contributed by atoms with Crippen molar-refractivity contribution in [2.45, 2.75) is 58.7 Å². The van der Waals surface area contributed by atoms with Crippen LogP contribution < -0.4 is 15.4 Å². The third-order valence-corrected chi connectivity index (χ3v) is 3.07. The van der Waals surface area contributed by atoms with Crippen molar-refractivity contribution in [3.8, 4) is 5.75 Å². The molecule has 0 heterocycles. The van der Waals surface area contributed by atoms with Crippen LogP contribution >= 0.6 is 0 Å². The molecule has 0 radical (unpaired) electrons. The SMILES string of the molecule is CC(COc1ccc(F)cc1)NC(=O)C(C)(C)NC(=O)OC(C)(C)C. The summed E-state index contributed by atoms with van der Waals surface area (Å²) in [5.41, 5.74) is -1.79. The van der Waals surface area contributed by atoms with Gasteiger partial charge in [0.15, 0.2) is 0 Å². The van der Waals surface area contributed by atoms with Gasteiger partial charge in [0.25, 0.3) is 0 Å². The molecule has 0 saturated heterocycles. The van der Waals surface area contributed by atoms with E-state index in [2.05, 4.69) is 10.6 Å². The van der Waals surface area contributed by atoms with Crippen molar-refractivity contribution >= 4 is 12.0 Å². The van der Waals surface area contributed by atoms with Crippen molar-refractivity contribution in [2.75, 3.05) is 6.61 Å². The van der Waals surface area contributed by atoms with Crippen molar-refractivity contribution < 1.29 is 23.5 Å². The van der Waals surface area contributed by atoms with Crippen molar-refractivity contribution in [3.63, 3.8) is 0 Å². The minimum atomic E-state index is -1.15. The largest absolute Gasteiger partial charge is 0.491 e. The number of carbonyl (C=O) groups excluding carboxylic acids is 2. The topological polar surface area (TPSA) is 76.7 Å². The van der Waals surface area contributed by atoms with Crippen molar-refractivity contribution in [1.82, 2.24) is 10.6 Å². The molecule has 0 saturated carbocycles. The van der Waals surface area contributed by atoms with Gasteiger partial charge in [-0.1, -0.05) is 0 Å². The molecule has 1 aromatic carbocycles. The van der Waals surface area contributed by atoms with E-state index in [9.17, 15) is 14.0 Å². The molecule has 0 aliphatic carbocycles. The molecular formula is C18H27FN2O4. The number of hydrogen-bond donors (Lipinski definition) is 2. The molecule has 1 rings (SSSR count). The van der Waals surface area contributed by atoms with Gasteiger partial charge in [-0.05, 0) is 65.8 Å². The van der Waals surface area contributed by atoms with Gasteiger partial charge in [0.2, 0.25) is 5.91 Å². The first-order valence-corrected chi connectivity index (χ1v) is 8.09. The number of amides is 2. The zero-order chi connectivity index (χ0) is 19.3. The summed E-state index contributed by atoms with van der Waals surface area (Å²) in [6.45, 7) is 10.4. The maximum atomic E-state index is 12.8. The summed E-state index contributed by atoms with van der Waals surface area (Å²) in [6, 6.07) is 5.31. The molecule has 1 aromatic rings. The van der Waals surface area contributed by atoms with Crippen LogP contribution in [-0.2, 0) is 9.53 Å². The van der Waals surface area contributed by atoms with Gasteiger partial charge in [-0.2, -0.15) is 0 Å². The third-order valence-electron chi connectivity index (χ3n) is 3.07. The highest BCUT2D eigenvalue weighted by Gasteiger charge is 2.32. The first-order valence-electron chi connectivity index (χ1n) is 8.09. The normalized spacial score (nSPS) is 12.9. The van der Waals surface area contributed by atoms with Gasteiger partial charge in [-0.3, -0.25) is 4.79 Å². The Balaban J connectivity index is 2.49. The van der Waals surface area contributed by atoms with E-state index >= 15 is 0 Å². The molecule has 0 aliphatic rings. The van der Waals surface area contributed by atoms with Crippen LogP contribution in [0.4, 0.5) is 9.18 Å². The van der Waals surface area contributed by atoms with Crippen LogP contribution in [0, 0.1) is 5.82 Å². The standard InChI is InChI=1S/C18H27FN2O4/c1-12(11-24-14-9-7-13(19)8-10-14)20-15(22)18(5,6)21-16(23)25-17(2,3)4/h7-10,12H,11H2,1-6H3,(H,20,22)(H,21,23). The van der Waals surface area contributed by atoms with E-state index < -0.39 is 17.2 Å². The highest BCUT2D eigenvalue weighted by molar-refractivity contribution is 5.89. The number of halogens is 1. The second-order valence-electron chi connectivity index (χ2n) is 7.39. The summed E-state index contributed by atoms with van der Waals surface area (Å²) in [5.74, 6) is -0.203. The predicted molar refractivity (Wildman–Crippen MR) is 92.9 cm³/mol. The molecule has 6 nitrogen and oxygen atoms in total. The van der Waals surface area contributed by atoms with E-state index in [1.54, 1.807) is 41.5 Å².